The molecule has 0 saturated carbocycles. The molecule has 0 radical (unpaired) electrons. The first-order valence-electron chi connectivity index (χ1n) is 8.15. The summed E-state index contributed by atoms with van der Waals surface area (Å²) in [5.41, 5.74) is 4.17. The standard InChI is InChI=1S/C19H20N4OS/c1-3-14-6-4-5-7-16(14)20-17(24)12-25-19-21-18(22-23-19)15-10-8-13(2)9-11-15/h4-11H,3,12H2,1-2H3,(H,20,24)(H,21,22,23). The van der Waals surface area contributed by atoms with Gasteiger partial charge in [-0.25, -0.2) is 4.98 Å². The number of hydrogen-bond donors (Lipinski definition) is 2. The number of benzene rings is 2. The minimum Gasteiger partial charge on any atom is -0.325 e. The van der Waals surface area contributed by atoms with Gasteiger partial charge < -0.3 is 5.32 Å². The van der Waals surface area contributed by atoms with Gasteiger partial charge in [0, 0.05) is 11.3 Å². The van der Waals surface area contributed by atoms with E-state index in [1.54, 1.807) is 0 Å². The molecule has 3 rings (SSSR count). The first-order chi connectivity index (χ1) is 12.2. The number of amides is 1. The maximum atomic E-state index is 12.2. The van der Waals surface area contributed by atoms with E-state index in [9.17, 15) is 4.79 Å². The lowest BCUT2D eigenvalue weighted by atomic mass is 10.1. The highest BCUT2D eigenvalue weighted by atomic mass is 32.2. The van der Waals surface area contributed by atoms with Crippen molar-refractivity contribution in [1.29, 1.82) is 0 Å². The number of carbonyl (C=O) groups excluding carboxylic acids is 1. The molecular formula is C19H20N4OS. The Morgan fingerprint density at radius 1 is 1.16 bits per heavy atom. The van der Waals surface area contributed by atoms with Crippen LogP contribution in [0.25, 0.3) is 11.4 Å². The van der Waals surface area contributed by atoms with Gasteiger partial charge in [-0.2, -0.15) is 0 Å². The molecule has 5 nitrogen and oxygen atoms in total. The second-order valence-electron chi connectivity index (χ2n) is 5.68. The van der Waals surface area contributed by atoms with Crippen molar-refractivity contribution in [2.24, 2.45) is 0 Å². The molecule has 6 heteroatoms. The fourth-order valence-electron chi connectivity index (χ4n) is 2.42. The lowest BCUT2D eigenvalue weighted by Crippen LogP contribution is -2.15. The molecule has 2 aromatic carbocycles. The zero-order chi connectivity index (χ0) is 17.6. The number of anilines is 1. The van der Waals surface area contributed by atoms with Gasteiger partial charge in [-0.3, -0.25) is 9.89 Å². The van der Waals surface area contributed by atoms with E-state index in [2.05, 4.69) is 27.4 Å². The maximum absolute atomic E-state index is 12.2. The van der Waals surface area contributed by atoms with Crippen LogP contribution in [-0.2, 0) is 11.2 Å². The third kappa shape index (κ3) is 4.48. The van der Waals surface area contributed by atoms with Crippen LogP contribution < -0.4 is 5.32 Å². The highest BCUT2D eigenvalue weighted by Crippen LogP contribution is 2.20. The van der Waals surface area contributed by atoms with E-state index in [-0.39, 0.29) is 11.7 Å². The van der Waals surface area contributed by atoms with Crippen LogP contribution in [0.15, 0.2) is 53.7 Å². The van der Waals surface area contributed by atoms with Crippen molar-refractivity contribution in [3.8, 4) is 11.4 Å². The van der Waals surface area contributed by atoms with Crippen LogP contribution in [0.3, 0.4) is 0 Å². The van der Waals surface area contributed by atoms with Gasteiger partial charge in [0.25, 0.3) is 0 Å². The number of para-hydroxylation sites is 1. The molecule has 2 N–H and O–H groups in total. The average Bonchev–Trinajstić information content (AvgIpc) is 3.10. The third-order valence-electron chi connectivity index (χ3n) is 3.79. The van der Waals surface area contributed by atoms with Crippen LogP contribution in [0.2, 0.25) is 0 Å². The van der Waals surface area contributed by atoms with Gasteiger partial charge in [0.2, 0.25) is 11.1 Å². The first-order valence-corrected chi connectivity index (χ1v) is 9.14. The number of aromatic amines is 1. The Bertz CT molecular complexity index is 858. The second kappa shape index (κ2) is 7.98. The molecule has 0 fully saturated rings. The summed E-state index contributed by atoms with van der Waals surface area (Å²) in [4.78, 5) is 16.6. The molecule has 0 unspecified atom stereocenters. The predicted molar refractivity (Wildman–Crippen MR) is 102 cm³/mol. The van der Waals surface area contributed by atoms with Gasteiger partial charge in [0.15, 0.2) is 5.82 Å². The van der Waals surface area contributed by atoms with Gasteiger partial charge >= 0.3 is 0 Å². The van der Waals surface area contributed by atoms with Crippen LogP contribution in [0, 0.1) is 6.92 Å². The number of nitrogens with one attached hydrogen (secondary N) is 2. The fourth-order valence-corrected chi connectivity index (χ4v) is 3.02. The Labute approximate surface area is 151 Å². The summed E-state index contributed by atoms with van der Waals surface area (Å²) in [6, 6.07) is 15.9. The Morgan fingerprint density at radius 2 is 1.92 bits per heavy atom. The summed E-state index contributed by atoms with van der Waals surface area (Å²) in [6.07, 6.45) is 0.879. The van der Waals surface area contributed by atoms with Crippen molar-refractivity contribution in [2.75, 3.05) is 11.1 Å². The normalized spacial score (nSPS) is 10.6. The largest absolute Gasteiger partial charge is 0.325 e. The number of nitrogens with zero attached hydrogens (tertiary/aromatic N) is 2. The SMILES string of the molecule is CCc1ccccc1NC(=O)CSc1n[nH]c(-c2ccc(C)cc2)n1. The van der Waals surface area contributed by atoms with Crippen molar-refractivity contribution in [3.05, 3.63) is 59.7 Å². The van der Waals surface area contributed by atoms with Crippen molar-refractivity contribution >= 4 is 23.4 Å². The van der Waals surface area contributed by atoms with Crippen LogP contribution in [-0.4, -0.2) is 26.8 Å². The molecule has 0 atom stereocenters. The van der Waals surface area contributed by atoms with Crippen molar-refractivity contribution in [2.45, 2.75) is 25.4 Å². The monoisotopic (exact) mass is 352 g/mol. The number of carbonyl (C=O) groups is 1. The molecule has 1 heterocycles. The molecule has 1 aromatic heterocycles. The zero-order valence-electron chi connectivity index (χ0n) is 14.2. The third-order valence-corrected chi connectivity index (χ3v) is 4.64. The summed E-state index contributed by atoms with van der Waals surface area (Å²) < 4.78 is 0. The fraction of sp³-hybridized carbons (Fsp3) is 0.211. The molecule has 1 amide bonds. The van der Waals surface area contributed by atoms with E-state index < -0.39 is 0 Å². The number of hydrogen-bond acceptors (Lipinski definition) is 4. The van der Waals surface area contributed by atoms with Crippen LogP contribution >= 0.6 is 11.8 Å². The number of H-pyrrole nitrogens is 1. The molecule has 0 bridgehead atoms. The van der Waals surface area contributed by atoms with E-state index in [1.807, 2.05) is 55.5 Å². The summed E-state index contributed by atoms with van der Waals surface area (Å²) in [6.45, 7) is 4.11. The topological polar surface area (TPSA) is 70.7 Å². The van der Waals surface area contributed by atoms with Gasteiger partial charge in [-0.05, 0) is 25.0 Å². The Morgan fingerprint density at radius 3 is 2.68 bits per heavy atom. The molecule has 3 aromatic rings. The van der Waals surface area contributed by atoms with Gasteiger partial charge in [-0.1, -0.05) is 66.7 Å². The summed E-state index contributed by atoms with van der Waals surface area (Å²) in [7, 11) is 0. The molecule has 128 valence electrons. The Balaban J connectivity index is 1.58. The van der Waals surface area contributed by atoms with E-state index in [0.717, 1.165) is 23.2 Å². The van der Waals surface area contributed by atoms with Gasteiger partial charge in [-0.15, -0.1) is 5.10 Å². The predicted octanol–water partition coefficient (Wildman–Crippen LogP) is 4.07. The van der Waals surface area contributed by atoms with Crippen LogP contribution in [0.5, 0.6) is 0 Å². The number of thioether (sulfide) groups is 1. The second-order valence-corrected chi connectivity index (χ2v) is 6.62. The van der Waals surface area contributed by atoms with Crippen molar-refractivity contribution in [1.82, 2.24) is 15.2 Å². The highest BCUT2D eigenvalue weighted by molar-refractivity contribution is 7.99. The van der Waals surface area contributed by atoms with Crippen molar-refractivity contribution in [3.63, 3.8) is 0 Å². The summed E-state index contributed by atoms with van der Waals surface area (Å²) in [5.74, 6) is 0.912. The quantitative estimate of drug-likeness (QED) is 0.656. The maximum Gasteiger partial charge on any atom is 0.234 e. The van der Waals surface area contributed by atoms with E-state index in [0.29, 0.717) is 11.0 Å². The van der Waals surface area contributed by atoms with E-state index >= 15 is 0 Å². The lowest BCUT2D eigenvalue weighted by Gasteiger charge is -2.08. The number of rotatable bonds is 6. The van der Waals surface area contributed by atoms with Crippen LogP contribution in [0.1, 0.15) is 18.1 Å². The first kappa shape index (κ1) is 17.2. The summed E-state index contributed by atoms with van der Waals surface area (Å²) >= 11 is 1.31. The molecule has 25 heavy (non-hydrogen) atoms. The minimum atomic E-state index is -0.0624. The van der Waals surface area contributed by atoms with Gasteiger partial charge in [0.05, 0.1) is 5.75 Å². The minimum absolute atomic E-state index is 0.0624. The smallest absolute Gasteiger partial charge is 0.234 e. The zero-order valence-corrected chi connectivity index (χ0v) is 15.1. The lowest BCUT2D eigenvalue weighted by molar-refractivity contribution is -0.113. The highest BCUT2D eigenvalue weighted by Gasteiger charge is 2.10. The van der Waals surface area contributed by atoms with Crippen molar-refractivity contribution < 1.29 is 4.79 Å². The number of aromatic nitrogens is 3. The van der Waals surface area contributed by atoms with Crippen LogP contribution in [0.4, 0.5) is 5.69 Å². The molecule has 0 aliphatic heterocycles. The molecular weight excluding hydrogens is 332 g/mol. The molecule has 0 aliphatic rings. The number of aryl methyl sites for hydroxylation is 2. The van der Waals surface area contributed by atoms with Gasteiger partial charge in [0.1, 0.15) is 0 Å². The molecule has 0 spiro atoms. The Hall–Kier alpha value is -2.60. The summed E-state index contributed by atoms with van der Waals surface area (Å²) in [5, 5.41) is 10.6. The van der Waals surface area contributed by atoms with E-state index in [1.165, 1.54) is 17.3 Å². The molecule has 0 aliphatic carbocycles. The Kier molecular flexibility index (Phi) is 5.50. The molecule has 0 saturated heterocycles. The average molecular weight is 352 g/mol. The van der Waals surface area contributed by atoms with E-state index in [4.69, 9.17) is 0 Å².